The van der Waals surface area contributed by atoms with Crippen LogP contribution in [-0.4, -0.2) is 72.3 Å². The summed E-state index contributed by atoms with van der Waals surface area (Å²) in [5.74, 6) is -0.280. The van der Waals surface area contributed by atoms with Crippen molar-refractivity contribution in [1.82, 2.24) is 14.9 Å². The number of nitrogens with zero attached hydrogens (tertiary/aromatic N) is 3. The fraction of sp³-hybridized carbons (Fsp3) is 0.179. The van der Waals surface area contributed by atoms with Crippen molar-refractivity contribution in [1.29, 1.82) is 0 Å². The number of aromatic nitrogens is 1. The second kappa shape index (κ2) is 11.0. The van der Waals surface area contributed by atoms with Crippen molar-refractivity contribution in [2.24, 2.45) is 4.99 Å². The minimum absolute atomic E-state index is 0.0425. The van der Waals surface area contributed by atoms with E-state index in [9.17, 15) is 14.7 Å². The molecule has 0 saturated carbocycles. The lowest BCUT2D eigenvalue weighted by Crippen LogP contribution is -2.35. The van der Waals surface area contributed by atoms with Gasteiger partial charge in [-0.05, 0) is 44.4 Å². The summed E-state index contributed by atoms with van der Waals surface area (Å²) in [6.45, 7) is 1.11. The summed E-state index contributed by atoms with van der Waals surface area (Å²) in [4.78, 5) is 39.1. The van der Waals surface area contributed by atoms with Crippen molar-refractivity contribution in [2.45, 2.75) is 0 Å². The number of aldehydes is 1. The number of H-pyrrole nitrogens is 1. The highest BCUT2D eigenvalue weighted by Gasteiger charge is 2.20. The molecule has 4 aromatic rings. The van der Waals surface area contributed by atoms with Crippen LogP contribution in [0.1, 0.15) is 31.8 Å². The van der Waals surface area contributed by atoms with Gasteiger partial charge in [0.25, 0.3) is 5.91 Å². The van der Waals surface area contributed by atoms with E-state index in [1.807, 2.05) is 49.3 Å². The van der Waals surface area contributed by atoms with Crippen LogP contribution in [0.25, 0.3) is 10.9 Å². The fourth-order valence-electron chi connectivity index (χ4n) is 3.89. The van der Waals surface area contributed by atoms with Crippen LogP contribution in [0.4, 0.5) is 5.69 Å². The first-order valence-electron chi connectivity index (χ1n) is 11.5. The molecule has 0 saturated heterocycles. The SMILES string of the molecule is CON(CCN(C)C)C(=O)c1ccc(N=C(c2ccccc2)c2c(O)[nH]c3cc(C=O)ccc23)cc1. The first-order chi connectivity index (χ1) is 17.4. The van der Waals surface area contributed by atoms with Gasteiger partial charge < -0.3 is 15.0 Å². The van der Waals surface area contributed by atoms with E-state index in [1.165, 1.54) is 12.2 Å². The van der Waals surface area contributed by atoms with E-state index in [1.54, 1.807) is 42.5 Å². The Labute approximate surface area is 209 Å². The van der Waals surface area contributed by atoms with E-state index >= 15 is 0 Å². The lowest BCUT2D eigenvalue weighted by Gasteiger charge is -2.21. The minimum atomic E-state index is -0.238. The smallest absolute Gasteiger partial charge is 0.277 e. The lowest BCUT2D eigenvalue weighted by atomic mass is 10.00. The van der Waals surface area contributed by atoms with Gasteiger partial charge in [-0.25, -0.2) is 10.1 Å². The summed E-state index contributed by atoms with van der Waals surface area (Å²) >= 11 is 0. The molecular formula is C28H28N4O4. The highest BCUT2D eigenvalue weighted by atomic mass is 16.7. The molecule has 36 heavy (non-hydrogen) atoms. The molecular weight excluding hydrogens is 456 g/mol. The molecule has 1 aromatic heterocycles. The summed E-state index contributed by atoms with van der Waals surface area (Å²) in [5.41, 5.74) is 4.12. The largest absolute Gasteiger partial charge is 0.494 e. The van der Waals surface area contributed by atoms with Crippen LogP contribution in [0.5, 0.6) is 5.88 Å². The van der Waals surface area contributed by atoms with Crippen LogP contribution in [0.15, 0.2) is 77.8 Å². The Morgan fingerprint density at radius 1 is 1.00 bits per heavy atom. The third-order valence-electron chi connectivity index (χ3n) is 5.78. The predicted molar refractivity (Wildman–Crippen MR) is 140 cm³/mol. The van der Waals surface area contributed by atoms with E-state index in [0.717, 1.165) is 17.2 Å². The summed E-state index contributed by atoms with van der Waals surface area (Å²) in [6, 6.07) is 21.6. The number of amides is 1. The molecule has 0 bridgehead atoms. The maximum absolute atomic E-state index is 12.9. The zero-order valence-electron chi connectivity index (χ0n) is 20.4. The predicted octanol–water partition coefficient (Wildman–Crippen LogP) is 4.42. The average Bonchev–Trinajstić information content (AvgIpc) is 3.22. The van der Waals surface area contributed by atoms with Crippen molar-refractivity contribution in [3.8, 4) is 5.88 Å². The number of hydrogen-bond donors (Lipinski definition) is 2. The van der Waals surface area contributed by atoms with Gasteiger partial charge in [0.1, 0.15) is 6.29 Å². The van der Waals surface area contributed by atoms with Crippen molar-refractivity contribution in [2.75, 3.05) is 34.3 Å². The second-order valence-electron chi connectivity index (χ2n) is 8.54. The first-order valence-corrected chi connectivity index (χ1v) is 11.5. The fourth-order valence-corrected chi connectivity index (χ4v) is 3.89. The van der Waals surface area contributed by atoms with E-state index < -0.39 is 0 Å². The van der Waals surface area contributed by atoms with Crippen LogP contribution in [0.3, 0.4) is 0 Å². The second-order valence-corrected chi connectivity index (χ2v) is 8.54. The highest BCUT2D eigenvalue weighted by Crippen LogP contribution is 2.32. The summed E-state index contributed by atoms with van der Waals surface area (Å²) < 4.78 is 0. The van der Waals surface area contributed by atoms with E-state index in [2.05, 4.69) is 4.98 Å². The number of aliphatic imine (C=N–C) groups is 1. The van der Waals surface area contributed by atoms with Crippen molar-refractivity contribution < 1.29 is 19.5 Å². The number of hydrogen-bond acceptors (Lipinski definition) is 6. The van der Waals surface area contributed by atoms with Crippen molar-refractivity contribution >= 4 is 34.5 Å². The third kappa shape index (κ3) is 5.35. The summed E-state index contributed by atoms with van der Waals surface area (Å²) in [5, 5.41) is 12.9. The van der Waals surface area contributed by atoms with Gasteiger partial charge in [0, 0.05) is 34.1 Å². The quantitative estimate of drug-likeness (QED) is 0.208. The molecule has 1 heterocycles. The molecule has 0 aliphatic rings. The standard InChI is InChI=1S/C28H28N4O4/c1-31(2)15-16-32(36-3)28(35)21-10-12-22(13-11-21)29-26(20-7-5-4-6-8-20)25-23-14-9-19(18-33)17-24(23)30-27(25)34/h4-14,17-18,30,34H,15-16H2,1-3H3. The topological polar surface area (TPSA) is 98.2 Å². The average molecular weight is 485 g/mol. The zero-order valence-corrected chi connectivity index (χ0v) is 20.4. The van der Waals surface area contributed by atoms with Gasteiger partial charge in [-0.15, -0.1) is 0 Å². The molecule has 8 nitrogen and oxygen atoms in total. The van der Waals surface area contributed by atoms with Crippen molar-refractivity contribution in [3.63, 3.8) is 0 Å². The van der Waals surface area contributed by atoms with Gasteiger partial charge in [-0.2, -0.15) is 0 Å². The van der Waals surface area contributed by atoms with Crippen LogP contribution in [0.2, 0.25) is 0 Å². The number of benzene rings is 3. The number of aromatic hydroxyl groups is 1. The molecule has 0 aliphatic heterocycles. The summed E-state index contributed by atoms with van der Waals surface area (Å²) in [6.07, 6.45) is 0.761. The number of aromatic amines is 1. The number of rotatable bonds is 9. The molecule has 184 valence electrons. The Bertz CT molecular complexity index is 1390. The van der Waals surface area contributed by atoms with E-state index in [4.69, 9.17) is 9.83 Å². The Morgan fingerprint density at radius 3 is 2.36 bits per heavy atom. The first kappa shape index (κ1) is 24.8. The normalized spacial score (nSPS) is 11.7. The lowest BCUT2D eigenvalue weighted by molar-refractivity contribution is -0.0967. The molecule has 8 heteroatoms. The molecule has 0 aliphatic carbocycles. The van der Waals surface area contributed by atoms with Crippen LogP contribution >= 0.6 is 0 Å². The minimum Gasteiger partial charge on any atom is -0.494 e. The van der Waals surface area contributed by atoms with Crippen LogP contribution in [0, 0.1) is 0 Å². The number of nitrogens with one attached hydrogen (secondary N) is 1. The Hall–Kier alpha value is -4.27. The van der Waals surface area contributed by atoms with Gasteiger partial charge in [-0.3, -0.25) is 14.4 Å². The Morgan fingerprint density at radius 2 is 1.72 bits per heavy atom. The number of carbonyl (C=O) groups is 2. The number of likely N-dealkylation sites (N-methyl/N-ethyl adjacent to an activating group) is 1. The maximum atomic E-state index is 12.9. The van der Waals surface area contributed by atoms with Crippen LogP contribution < -0.4 is 0 Å². The monoisotopic (exact) mass is 484 g/mol. The highest BCUT2D eigenvalue weighted by molar-refractivity contribution is 6.22. The van der Waals surface area contributed by atoms with Gasteiger partial charge >= 0.3 is 0 Å². The van der Waals surface area contributed by atoms with Gasteiger partial charge in [0.2, 0.25) is 0 Å². The Kier molecular flexibility index (Phi) is 7.58. The molecule has 2 N–H and O–H groups in total. The molecule has 0 atom stereocenters. The van der Waals surface area contributed by atoms with Crippen molar-refractivity contribution in [3.05, 3.63) is 95.1 Å². The third-order valence-corrected chi connectivity index (χ3v) is 5.78. The molecule has 3 aromatic carbocycles. The molecule has 0 fully saturated rings. The van der Waals surface area contributed by atoms with Gasteiger partial charge in [-0.1, -0.05) is 42.5 Å². The summed E-state index contributed by atoms with van der Waals surface area (Å²) in [7, 11) is 5.34. The van der Waals surface area contributed by atoms with E-state index in [0.29, 0.717) is 46.7 Å². The molecule has 1 amide bonds. The van der Waals surface area contributed by atoms with Crippen LogP contribution in [-0.2, 0) is 4.84 Å². The molecule has 0 radical (unpaired) electrons. The number of fused-ring (bicyclic) bond motifs is 1. The maximum Gasteiger partial charge on any atom is 0.277 e. The molecule has 0 unspecified atom stereocenters. The molecule has 0 spiro atoms. The van der Waals surface area contributed by atoms with Gasteiger partial charge in [0.15, 0.2) is 5.88 Å². The number of carbonyl (C=O) groups excluding carboxylic acids is 2. The van der Waals surface area contributed by atoms with Gasteiger partial charge in [0.05, 0.1) is 30.6 Å². The Balaban J connectivity index is 1.73. The molecule has 4 rings (SSSR count). The number of hydroxylamine groups is 2. The zero-order chi connectivity index (χ0) is 25.7. The van der Waals surface area contributed by atoms with E-state index in [-0.39, 0.29) is 11.8 Å².